The first-order chi connectivity index (χ1) is 4.99. The van der Waals surface area contributed by atoms with Crippen LogP contribution < -0.4 is 5.32 Å². The fraction of sp³-hybridized carbons (Fsp3) is 1.00. The predicted octanol–water partition coefficient (Wildman–Crippen LogP) is -0.113. The highest BCUT2D eigenvalue weighted by atomic mass is 32.2. The smallest absolute Gasteiger partial charge is 0.147 e. The monoisotopic (exact) mass is 177 g/mol. The molecule has 0 bridgehead atoms. The zero-order valence-electron chi connectivity index (χ0n) is 7.00. The molecule has 1 aliphatic heterocycles. The van der Waals surface area contributed by atoms with E-state index in [1.165, 1.54) is 6.26 Å². The molecule has 3 nitrogen and oxygen atoms in total. The topological polar surface area (TPSA) is 46.2 Å². The van der Waals surface area contributed by atoms with Crippen molar-refractivity contribution in [2.75, 3.05) is 25.1 Å². The summed E-state index contributed by atoms with van der Waals surface area (Å²) in [5, 5.41) is 3.18. The first kappa shape index (κ1) is 9.00. The molecule has 66 valence electrons. The van der Waals surface area contributed by atoms with Gasteiger partial charge in [0, 0.05) is 6.26 Å². The summed E-state index contributed by atoms with van der Waals surface area (Å²) in [4.78, 5) is 0. The number of rotatable bonds is 2. The summed E-state index contributed by atoms with van der Waals surface area (Å²) in [5.74, 6) is 1.16. The van der Waals surface area contributed by atoms with E-state index in [-0.39, 0.29) is 0 Å². The number of hydrogen-bond donors (Lipinski definition) is 1. The maximum Gasteiger partial charge on any atom is 0.147 e. The van der Waals surface area contributed by atoms with E-state index < -0.39 is 9.84 Å². The van der Waals surface area contributed by atoms with Crippen LogP contribution in [-0.4, -0.2) is 33.5 Å². The van der Waals surface area contributed by atoms with Crippen LogP contribution in [0.15, 0.2) is 0 Å². The summed E-state index contributed by atoms with van der Waals surface area (Å²) >= 11 is 0. The molecule has 1 N–H and O–H groups in total. The molecule has 11 heavy (non-hydrogen) atoms. The molecule has 0 aromatic carbocycles. The molecule has 0 spiro atoms. The SMILES string of the molecule is C[C@@H]1CNC[C@H]1CS(C)(=O)=O. The highest BCUT2D eigenvalue weighted by Crippen LogP contribution is 2.16. The molecule has 0 amide bonds. The van der Waals surface area contributed by atoms with Gasteiger partial charge in [-0.3, -0.25) is 0 Å². The van der Waals surface area contributed by atoms with E-state index >= 15 is 0 Å². The van der Waals surface area contributed by atoms with Gasteiger partial charge < -0.3 is 5.32 Å². The molecule has 0 aliphatic carbocycles. The second-order valence-electron chi connectivity index (χ2n) is 3.49. The average Bonchev–Trinajstić information content (AvgIpc) is 2.12. The molecule has 1 saturated heterocycles. The lowest BCUT2D eigenvalue weighted by molar-refractivity contribution is 0.487. The molecular weight excluding hydrogens is 162 g/mol. The van der Waals surface area contributed by atoms with E-state index in [1.54, 1.807) is 0 Å². The molecule has 0 aromatic heterocycles. The third-order valence-electron chi connectivity index (χ3n) is 2.19. The van der Waals surface area contributed by atoms with E-state index in [0.717, 1.165) is 13.1 Å². The minimum atomic E-state index is -2.78. The normalized spacial score (nSPS) is 32.5. The van der Waals surface area contributed by atoms with Gasteiger partial charge in [0.25, 0.3) is 0 Å². The molecule has 1 rings (SSSR count). The summed E-state index contributed by atoms with van der Waals surface area (Å²) in [6, 6.07) is 0. The van der Waals surface area contributed by atoms with Crippen molar-refractivity contribution in [3.05, 3.63) is 0 Å². The van der Waals surface area contributed by atoms with Crippen molar-refractivity contribution in [3.8, 4) is 0 Å². The Hall–Kier alpha value is -0.0900. The van der Waals surface area contributed by atoms with Crippen LogP contribution in [0.1, 0.15) is 6.92 Å². The third kappa shape index (κ3) is 2.79. The van der Waals surface area contributed by atoms with Gasteiger partial charge in [-0.25, -0.2) is 8.42 Å². The quantitative estimate of drug-likeness (QED) is 0.640. The van der Waals surface area contributed by atoms with Gasteiger partial charge in [-0.05, 0) is 24.9 Å². The Morgan fingerprint density at radius 3 is 2.45 bits per heavy atom. The Bertz CT molecular complexity index is 223. The maximum atomic E-state index is 10.9. The Kier molecular flexibility index (Phi) is 2.54. The van der Waals surface area contributed by atoms with Gasteiger partial charge in [0.05, 0.1) is 5.75 Å². The number of hydrogen-bond acceptors (Lipinski definition) is 3. The lowest BCUT2D eigenvalue weighted by atomic mass is 10.0. The minimum absolute atomic E-state index is 0.324. The lowest BCUT2D eigenvalue weighted by Crippen LogP contribution is -2.20. The molecule has 1 fully saturated rings. The first-order valence-corrected chi connectivity index (χ1v) is 5.93. The van der Waals surface area contributed by atoms with Crippen molar-refractivity contribution in [1.82, 2.24) is 5.32 Å². The highest BCUT2D eigenvalue weighted by Gasteiger charge is 2.25. The van der Waals surface area contributed by atoms with Gasteiger partial charge in [0.1, 0.15) is 9.84 Å². The zero-order valence-corrected chi connectivity index (χ0v) is 7.82. The molecular formula is C7H15NO2S. The van der Waals surface area contributed by atoms with Gasteiger partial charge in [-0.1, -0.05) is 6.92 Å². The fourth-order valence-corrected chi connectivity index (χ4v) is 2.70. The molecule has 0 unspecified atom stereocenters. The van der Waals surface area contributed by atoms with Crippen molar-refractivity contribution in [2.45, 2.75) is 6.92 Å². The van der Waals surface area contributed by atoms with Gasteiger partial charge in [0.2, 0.25) is 0 Å². The second-order valence-corrected chi connectivity index (χ2v) is 5.67. The standard InChI is InChI=1S/C7H15NO2S/c1-6-3-8-4-7(6)5-11(2,9)10/h6-8H,3-5H2,1-2H3/t6-,7+/m1/s1. The Morgan fingerprint density at radius 1 is 1.45 bits per heavy atom. The Morgan fingerprint density at radius 2 is 2.09 bits per heavy atom. The van der Waals surface area contributed by atoms with Crippen LogP contribution in [-0.2, 0) is 9.84 Å². The van der Waals surface area contributed by atoms with Gasteiger partial charge in [-0.2, -0.15) is 0 Å². The molecule has 1 aliphatic rings. The third-order valence-corrected chi connectivity index (χ3v) is 3.23. The van der Waals surface area contributed by atoms with Crippen molar-refractivity contribution >= 4 is 9.84 Å². The van der Waals surface area contributed by atoms with Crippen LogP contribution in [0.3, 0.4) is 0 Å². The Labute approximate surface area is 68.1 Å². The summed E-state index contributed by atoms with van der Waals surface area (Å²) in [6.07, 6.45) is 1.30. The first-order valence-electron chi connectivity index (χ1n) is 3.87. The zero-order chi connectivity index (χ0) is 8.48. The van der Waals surface area contributed by atoms with Gasteiger partial charge in [-0.15, -0.1) is 0 Å². The van der Waals surface area contributed by atoms with Crippen molar-refractivity contribution < 1.29 is 8.42 Å². The van der Waals surface area contributed by atoms with Gasteiger partial charge >= 0.3 is 0 Å². The molecule has 0 radical (unpaired) electrons. The van der Waals surface area contributed by atoms with Crippen LogP contribution in [0.5, 0.6) is 0 Å². The van der Waals surface area contributed by atoms with E-state index in [1.807, 2.05) is 0 Å². The molecule has 2 atom stereocenters. The summed E-state index contributed by atoms with van der Waals surface area (Å²) in [6.45, 7) is 3.91. The van der Waals surface area contributed by atoms with E-state index in [0.29, 0.717) is 17.6 Å². The van der Waals surface area contributed by atoms with Crippen molar-refractivity contribution in [2.24, 2.45) is 11.8 Å². The summed E-state index contributed by atoms with van der Waals surface area (Å²) in [7, 11) is -2.78. The molecule has 1 heterocycles. The second kappa shape index (κ2) is 3.11. The van der Waals surface area contributed by atoms with Crippen LogP contribution in [0, 0.1) is 11.8 Å². The summed E-state index contributed by atoms with van der Waals surface area (Å²) < 4.78 is 21.8. The predicted molar refractivity (Wildman–Crippen MR) is 45.2 cm³/mol. The van der Waals surface area contributed by atoms with Crippen LogP contribution in [0.4, 0.5) is 0 Å². The van der Waals surface area contributed by atoms with E-state index in [4.69, 9.17) is 0 Å². The lowest BCUT2D eigenvalue weighted by Gasteiger charge is -2.11. The largest absolute Gasteiger partial charge is 0.316 e. The molecule has 4 heteroatoms. The number of nitrogens with one attached hydrogen (secondary N) is 1. The van der Waals surface area contributed by atoms with Gasteiger partial charge in [0.15, 0.2) is 0 Å². The van der Waals surface area contributed by atoms with Crippen LogP contribution >= 0.6 is 0 Å². The average molecular weight is 177 g/mol. The van der Waals surface area contributed by atoms with Crippen LogP contribution in [0.25, 0.3) is 0 Å². The maximum absolute atomic E-state index is 10.9. The van der Waals surface area contributed by atoms with E-state index in [9.17, 15) is 8.42 Å². The fourth-order valence-electron chi connectivity index (χ4n) is 1.48. The number of sulfone groups is 1. The highest BCUT2D eigenvalue weighted by molar-refractivity contribution is 7.90. The van der Waals surface area contributed by atoms with E-state index in [2.05, 4.69) is 12.2 Å². The van der Waals surface area contributed by atoms with Crippen molar-refractivity contribution in [3.63, 3.8) is 0 Å². The van der Waals surface area contributed by atoms with Crippen LogP contribution in [0.2, 0.25) is 0 Å². The van der Waals surface area contributed by atoms with Crippen molar-refractivity contribution in [1.29, 1.82) is 0 Å². The Balaban J connectivity index is 2.50. The summed E-state index contributed by atoms with van der Waals surface area (Å²) in [5.41, 5.74) is 0. The molecule has 0 saturated carbocycles. The minimum Gasteiger partial charge on any atom is -0.316 e. The molecule has 0 aromatic rings.